The van der Waals surface area contributed by atoms with Crippen LogP contribution in [0.5, 0.6) is 0 Å². The molecule has 0 aromatic heterocycles. The lowest BCUT2D eigenvalue weighted by atomic mass is 10.1. The van der Waals surface area contributed by atoms with Gasteiger partial charge in [-0.05, 0) is 13.3 Å². The lowest BCUT2D eigenvalue weighted by molar-refractivity contribution is -0.120. The van der Waals surface area contributed by atoms with Gasteiger partial charge in [0.05, 0.1) is 18.8 Å². The van der Waals surface area contributed by atoms with Gasteiger partial charge in [-0.1, -0.05) is 0 Å². The average Bonchev–Trinajstić information content (AvgIpc) is 1.84. The normalized spacial score (nSPS) is 15.6. The van der Waals surface area contributed by atoms with Crippen molar-refractivity contribution < 1.29 is 15.0 Å². The summed E-state index contributed by atoms with van der Waals surface area (Å²) >= 11 is 0. The third-order valence-electron chi connectivity index (χ3n) is 1.25. The minimum absolute atomic E-state index is 0.134. The van der Waals surface area contributed by atoms with Crippen molar-refractivity contribution >= 4 is 5.91 Å². The molecule has 0 heterocycles. The molecule has 0 fully saturated rings. The molecule has 0 aliphatic heterocycles. The molecule has 0 bridgehead atoms. The van der Waals surface area contributed by atoms with E-state index in [9.17, 15) is 4.79 Å². The first kappa shape index (κ1) is 10.4. The Morgan fingerprint density at radius 2 is 2.18 bits per heavy atom. The highest BCUT2D eigenvalue weighted by atomic mass is 16.3. The van der Waals surface area contributed by atoms with Crippen LogP contribution in [0.3, 0.4) is 0 Å². The van der Waals surface area contributed by atoms with E-state index in [4.69, 9.17) is 10.2 Å². The number of hydrogen-bond donors (Lipinski definition) is 3. The summed E-state index contributed by atoms with van der Waals surface area (Å²) in [6.45, 7) is 2.86. The molecule has 0 aromatic carbocycles. The van der Waals surface area contributed by atoms with Gasteiger partial charge >= 0.3 is 0 Å². The number of aliphatic hydroxyl groups excluding tert-OH is 2. The van der Waals surface area contributed by atoms with Gasteiger partial charge in [0.25, 0.3) is 0 Å². The maximum absolute atomic E-state index is 10.5. The molecular formula is C7H15NO3. The molecule has 0 rings (SSSR count). The van der Waals surface area contributed by atoms with Gasteiger partial charge in [0, 0.05) is 6.92 Å². The first-order chi connectivity index (χ1) is 5.06. The Morgan fingerprint density at radius 1 is 1.64 bits per heavy atom. The number of carbonyl (C=O) groups is 1. The first-order valence-corrected chi connectivity index (χ1v) is 3.62. The molecule has 0 spiro atoms. The van der Waals surface area contributed by atoms with E-state index in [1.54, 1.807) is 6.92 Å². The summed E-state index contributed by atoms with van der Waals surface area (Å²) in [5, 5.41) is 20.1. The maximum atomic E-state index is 10.5. The van der Waals surface area contributed by atoms with Crippen LogP contribution in [-0.4, -0.2) is 34.9 Å². The van der Waals surface area contributed by atoms with Crippen molar-refractivity contribution in [3.63, 3.8) is 0 Å². The predicted molar refractivity (Wildman–Crippen MR) is 41.0 cm³/mol. The average molecular weight is 161 g/mol. The smallest absolute Gasteiger partial charge is 0.217 e. The van der Waals surface area contributed by atoms with Crippen molar-refractivity contribution in [2.45, 2.75) is 32.4 Å². The van der Waals surface area contributed by atoms with E-state index in [0.29, 0.717) is 6.42 Å². The SMILES string of the molecule is CC(=O)NC(CO)CC(C)O. The van der Waals surface area contributed by atoms with Crippen LogP contribution in [0.25, 0.3) is 0 Å². The van der Waals surface area contributed by atoms with Crippen molar-refractivity contribution in [3.8, 4) is 0 Å². The Labute approximate surface area is 66.2 Å². The molecule has 2 atom stereocenters. The van der Waals surface area contributed by atoms with Gasteiger partial charge in [-0.15, -0.1) is 0 Å². The molecule has 11 heavy (non-hydrogen) atoms. The van der Waals surface area contributed by atoms with Crippen LogP contribution < -0.4 is 5.32 Å². The summed E-state index contributed by atoms with van der Waals surface area (Å²) in [5.41, 5.74) is 0. The molecule has 0 saturated carbocycles. The van der Waals surface area contributed by atoms with Crippen LogP contribution in [-0.2, 0) is 4.79 Å². The molecule has 1 amide bonds. The summed E-state index contributed by atoms with van der Waals surface area (Å²) < 4.78 is 0. The van der Waals surface area contributed by atoms with Gasteiger partial charge in [-0.25, -0.2) is 0 Å². The zero-order valence-electron chi connectivity index (χ0n) is 6.87. The van der Waals surface area contributed by atoms with E-state index >= 15 is 0 Å². The Bertz CT molecular complexity index is 125. The number of hydrogen-bond acceptors (Lipinski definition) is 3. The van der Waals surface area contributed by atoms with Crippen LogP contribution in [0.4, 0.5) is 0 Å². The summed E-state index contributed by atoms with van der Waals surface area (Å²) in [4.78, 5) is 10.5. The number of aliphatic hydroxyl groups is 2. The van der Waals surface area contributed by atoms with Gasteiger partial charge in [0.1, 0.15) is 0 Å². The highest BCUT2D eigenvalue weighted by Crippen LogP contribution is 1.96. The quantitative estimate of drug-likeness (QED) is 0.508. The summed E-state index contributed by atoms with van der Waals surface area (Å²) in [7, 11) is 0. The third-order valence-corrected chi connectivity index (χ3v) is 1.25. The molecule has 0 aliphatic rings. The number of amides is 1. The molecule has 66 valence electrons. The van der Waals surface area contributed by atoms with Crippen molar-refractivity contribution in [1.29, 1.82) is 0 Å². The fourth-order valence-electron chi connectivity index (χ4n) is 0.878. The summed E-state index contributed by atoms with van der Waals surface area (Å²) in [5.74, 6) is -0.190. The number of nitrogens with one attached hydrogen (secondary N) is 1. The number of carbonyl (C=O) groups excluding carboxylic acids is 1. The Kier molecular flexibility index (Phi) is 4.81. The van der Waals surface area contributed by atoms with Crippen molar-refractivity contribution in [3.05, 3.63) is 0 Å². The predicted octanol–water partition coefficient (Wildman–Crippen LogP) is -0.746. The molecule has 3 N–H and O–H groups in total. The monoisotopic (exact) mass is 161 g/mol. The van der Waals surface area contributed by atoms with E-state index in [2.05, 4.69) is 5.32 Å². The van der Waals surface area contributed by atoms with Crippen LogP contribution in [0.15, 0.2) is 0 Å². The molecule has 0 aromatic rings. The molecule has 2 unspecified atom stereocenters. The summed E-state index contributed by atoms with van der Waals surface area (Å²) in [6, 6.07) is -0.326. The minimum atomic E-state index is -0.501. The van der Waals surface area contributed by atoms with Gasteiger partial charge in [-0.3, -0.25) is 4.79 Å². The highest BCUT2D eigenvalue weighted by molar-refractivity contribution is 5.73. The highest BCUT2D eigenvalue weighted by Gasteiger charge is 2.10. The second kappa shape index (κ2) is 5.09. The van der Waals surface area contributed by atoms with Gasteiger partial charge in [0.15, 0.2) is 0 Å². The third kappa shape index (κ3) is 5.82. The van der Waals surface area contributed by atoms with E-state index in [1.807, 2.05) is 0 Å². The van der Waals surface area contributed by atoms with Crippen LogP contribution >= 0.6 is 0 Å². The maximum Gasteiger partial charge on any atom is 0.217 e. The zero-order chi connectivity index (χ0) is 8.85. The van der Waals surface area contributed by atoms with Crippen LogP contribution in [0.1, 0.15) is 20.3 Å². The Morgan fingerprint density at radius 3 is 2.45 bits per heavy atom. The van der Waals surface area contributed by atoms with Crippen molar-refractivity contribution in [2.24, 2.45) is 0 Å². The van der Waals surface area contributed by atoms with E-state index in [1.165, 1.54) is 6.92 Å². The molecule has 0 radical (unpaired) electrons. The molecular weight excluding hydrogens is 146 g/mol. The van der Waals surface area contributed by atoms with E-state index in [0.717, 1.165) is 0 Å². The Hall–Kier alpha value is -0.610. The van der Waals surface area contributed by atoms with E-state index < -0.39 is 6.10 Å². The molecule has 4 heteroatoms. The second-order valence-electron chi connectivity index (χ2n) is 2.66. The van der Waals surface area contributed by atoms with Gasteiger partial charge in [-0.2, -0.15) is 0 Å². The standard InChI is InChI=1S/C7H15NO3/c1-5(10)3-7(4-9)8-6(2)11/h5,7,9-10H,3-4H2,1-2H3,(H,8,11). The van der Waals surface area contributed by atoms with Crippen LogP contribution in [0, 0.1) is 0 Å². The topological polar surface area (TPSA) is 69.6 Å². The van der Waals surface area contributed by atoms with Gasteiger partial charge in [0.2, 0.25) is 5.91 Å². The lowest BCUT2D eigenvalue weighted by Crippen LogP contribution is -2.38. The first-order valence-electron chi connectivity index (χ1n) is 3.62. The zero-order valence-corrected chi connectivity index (χ0v) is 6.87. The second-order valence-corrected chi connectivity index (χ2v) is 2.66. The largest absolute Gasteiger partial charge is 0.394 e. The number of rotatable bonds is 4. The molecule has 0 aliphatic carbocycles. The van der Waals surface area contributed by atoms with Gasteiger partial charge < -0.3 is 15.5 Å². The fraction of sp³-hybridized carbons (Fsp3) is 0.857. The van der Waals surface area contributed by atoms with Crippen molar-refractivity contribution in [1.82, 2.24) is 5.32 Å². The van der Waals surface area contributed by atoms with Crippen molar-refractivity contribution in [2.75, 3.05) is 6.61 Å². The summed E-state index contributed by atoms with van der Waals surface area (Å²) in [6.07, 6.45) is -0.116. The Balaban J connectivity index is 3.66. The lowest BCUT2D eigenvalue weighted by Gasteiger charge is -2.16. The van der Waals surface area contributed by atoms with Crippen LogP contribution in [0.2, 0.25) is 0 Å². The minimum Gasteiger partial charge on any atom is -0.394 e. The fourth-order valence-corrected chi connectivity index (χ4v) is 0.878. The van der Waals surface area contributed by atoms with E-state index in [-0.39, 0.29) is 18.6 Å². The molecule has 0 saturated heterocycles. The molecule has 4 nitrogen and oxygen atoms in total.